The third-order valence-corrected chi connectivity index (χ3v) is 6.44. The molecule has 1 atom stereocenters. The van der Waals surface area contributed by atoms with E-state index in [1.54, 1.807) is 6.07 Å². The molecular weight excluding hydrogens is 282 g/mol. The quantitative estimate of drug-likeness (QED) is 0.884. The van der Waals surface area contributed by atoms with Crippen LogP contribution >= 0.6 is 11.3 Å². The highest BCUT2D eigenvalue weighted by Crippen LogP contribution is 2.19. The summed E-state index contributed by atoms with van der Waals surface area (Å²) in [5.41, 5.74) is 0.986. The molecule has 1 N–H and O–H groups in total. The first-order valence-electron chi connectivity index (χ1n) is 6.32. The summed E-state index contributed by atoms with van der Waals surface area (Å²) in [5, 5.41) is 1.86. The van der Waals surface area contributed by atoms with E-state index in [2.05, 4.69) is 21.6 Å². The fourth-order valence-electron chi connectivity index (χ4n) is 2.14. The number of aryl methyl sites for hydroxylation is 1. The number of thiophene rings is 1. The van der Waals surface area contributed by atoms with Crippen molar-refractivity contribution in [2.75, 3.05) is 40.3 Å². The lowest BCUT2D eigenvalue weighted by molar-refractivity contribution is 0.117. The van der Waals surface area contributed by atoms with E-state index in [-0.39, 0.29) is 6.04 Å². The predicted molar refractivity (Wildman–Crippen MR) is 78.2 cm³/mol. The monoisotopic (exact) mass is 303 g/mol. The number of nitrogens with zero attached hydrogens (tertiary/aromatic N) is 2. The Hall–Kier alpha value is -0.470. The molecule has 2 heterocycles. The Labute approximate surface area is 119 Å². The summed E-state index contributed by atoms with van der Waals surface area (Å²) in [6, 6.07) is 1.94. The predicted octanol–water partition coefficient (Wildman–Crippen LogP) is 0.581. The van der Waals surface area contributed by atoms with Gasteiger partial charge in [0.15, 0.2) is 0 Å². The van der Waals surface area contributed by atoms with Crippen molar-refractivity contribution in [1.82, 2.24) is 14.5 Å². The second-order valence-electron chi connectivity index (χ2n) is 5.19. The SMILES string of the molecule is Cc1csc(S(=O)(=O)NCC2CN(C)CCN2C)c1. The largest absolute Gasteiger partial charge is 0.303 e. The van der Waals surface area contributed by atoms with Crippen LogP contribution < -0.4 is 4.72 Å². The lowest BCUT2D eigenvalue weighted by Gasteiger charge is -2.37. The normalized spacial score (nSPS) is 22.8. The van der Waals surface area contributed by atoms with Crippen LogP contribution in [0.4, 0.5) is 0 Å². The first-order chi connectivity index (χ1) is 8.88. The van der Waals surface area contributed by atoms with E-state index in [0.29, 0.717) is 10.8 Å². The molecule has 19 heavy (non-hydrogen) atoms. The highest BCUT2D eigenvalue weighted by atomic mass is 32.2. The second kappa shape index (κ2) is 5.88. The van der Waals surface area contributed by atoms with Gasteiger partial charge < -0.3 is 4.90 Å². The van der Waals surface area contributed by atoms with Crippen molar-refractivity contribution in [3.05, 3.63) is 17.0 Å². The van der Waals surface area contributed by atoms with Crippen LogP contribution in [0.1, 0.15) is 5.56 Å². The van der Waals surface area contributed by atoms with Crippen LogP contribution in [0.25, 0.3) is 0 Å². The van der Waals surface area contributed by atoms with Gasteiger partial charge in [-0.15, -0.1) is 11.3 Å². The van der Waals surface area contributed by atoms with Gasteiger partial charge in [0.1, 0.15) is 4.21 Å². The van der Waals surface area contributed by atoms with Gasteiger partial charge in [-0.3, -0.25) is 4.90 Å². The van der Waals surface area contributed by atoms with Crippen molar-refractivity contribution in [2.45, 2.75) is 17.2 Å². The minimum Gasteiger partial charge on any atom is -0.303 e. The lowest BCUT2D eigenvalue weighted by Crippen LogP contribution is -2.54. The molecule has 1 saturated heterocycles. The second-order valence-corrected chi connectivity index (χ2v) is 8.10. The first-order valence-corrected chi connectivity index (χ1v) is 8.68. The zero-order valence-corrected chi connectivity index (χ0v) is 13.2. The minimum atomic E-state index is -3.36. The van der Waals surface area contributed by atoms with Crippen LogP contribution in [0.3, 0.4) is 0 Å². The van der Waals surface area contributed by atoms with Crippen molar-refractivity contribution >= 4 is 21.4 Å². The molecule has 2 rings (SSSR count). The number of hydrogen-bond donors (Lipinski definition) is 1. The van der Waals surface area contributed by atoms with Crippen LogP contribution in [-0.2, 0) is 10.0 Å². The Morgan fingerprint density at radius 1 is 1.42 bits per heavy atom. The van der Waals surface area contributed by atoms with E-state index in [9.17, 15) is 8.42 Å². The molecule has 0 spiro atoms. The number of rotatable bonds is 4. The number of hydrogen-bond acceptors (Lipinski definition) is 5. The molecule has 1 unspecified atom stereocenters. The molecule has 1 aromatic heterocycles. The van der Waals surface area contributed by atoms with Gasteiger partial charge in [0, 0.05) is 32.2 Å². The van der Waals surface area contributed by atoms with Gasteiger partial charge >= 0.3 is 0 Å². The average Bonchev–Trinajstić information content (AvgIpc) is 2.78. The lowest BCUT2D eigenvalue weighted by atomic mass is 10.2. The molecule has 0 amide bonds. The Morgan fingerprint density at radius 3 is 2.79 bits per heavy atom. The van der Waals surface area contributed by atoms with Crippen molar-refractivity contribution in [3.63, 3.8) is 0 Å². The third-order valence-electron chi connectivity index (χ3n) is 3.46. The topological polar surface area (TPSA) is 52.7 Å². The van der Waals surface area contributed by atoms with E-state index in [1.165, 1.54) is 11.3 Å². The number of piperazine rings is 1. The highest BCUT2D eigenvalue weighted by Gasteiger charge is 2.24. The molecule has 7 heteroatoms. The van der Waals surface area contributed by atoms with Crippen LogP contribution in [-0.4, -0.2) is 64.5 Å². The average molecular weight is 303 g/mol. The minimum absolute atomic E-state index is 0.231. The van der Waals surface area contributed by atoms with Crippen molar-refractivity contribution in [3.8, 4) is 0 Å². The van der Waals surface area contributed by atoms with E-state index >= 15 is 0 Å². The molecular formula is C12H21N3O2S2. The molecule has 1 fully saturated rings. The number of nitrogens with one attached hydrogen (secondary N) is 1. The maximum Gasteiger partial charge on any atom is 0.250 e. The summed E-state index contributed by atoms with van der Waals surface area (Å²) in [7, 11) is 0.753. The fourth-order valence-corrected chi connectivity index (χ4v) is 4.49. The van der Waals surface area contributed by atoms with Gasteiger partial charge in [0.05, 0.1) is 0 Å². The summed E-state index contributed by atoms with van der Waals surface area (Å²) in [5.74, 6) is 0. The molecule has 0 aliphatic carbocycles. The molecule has 0 saturated carbocycles. The van der Waals surface area contributed by atoms with Crippen molar-refractivity contribution in [1.29, 1.82) is 0 Å². The van der Waals surface area contributed by atoms with Gasteiger partial charge in [0.25, 0.3) is 0 Å². The van der Waals surface area contributed by atoms with Crippen LogP contribution in [0, 0.1) is 6.92 Å². The Kier molecular flexibility index (Phi) is 4.62. The molecule has 0 aromatic carbocycles. The molecule has 108 valence electrons. The van der Waals surface area contributed by atoms with Crippen LogP contribution in [0.2, 0.25) is 0 Å². The summed E-state index contributed by atoms with van der Waals surface area (Å²) >= 11 is 1.27. The molecule has 1 aliphatic heterocycles. The Balaban J connectivity index is 1.98. The van der Waals surface area contributed by atoms with E-state index in [4.69, 9.17) is 0 Å². The molecule has 0 radical (unpaired) electrons. The molecule has 1 aromatic rings. The standard InChI is InChI=1S/C12H21N3O2S2/c1-10-6-12(18-9-10)19(16,17)13-7-11-8-14(2)4-5-15(11)3/h6,9,11,13H,4-5,7-8H2,1-3H3. The number of likely N-dealkylation sites (N-methyl/N-ethyl adjacent to an activating group) is 2. The van der Waals surface area contributed by atoms with Gasteiger partial charge in [-0.1, -0.05) is 0 Å². The molecule has 1 aliphatic rings. The van der Waals surface area contributed by atoms with Gasteiger partial charge in [-0.05, 0) is 38.0 Å². The van der Waals surface area contributed by atoms with Crippen molar-refractivity contribution in [2.24, 2.45) is 0 Å². The van der Waals surface area contributed by atoms with Gasteiger partial charge in [-0.25, -0.2) is 13.1 Å². The van der Waals surface area contributed by atoms with E-state index < -0.39 is 10.0 Å². The summed E-state index contributed by atoms with van der Waals surface area (Å²) in [4.78, 5) is 4.44. The molecule has 0 bridgehead atoms. The Bertz CT molecular complexity index is 527. The maximum absolute atomic E-state index is 12.1. The molecule has 5 nitrogen and oxygen atoms in total. The van der Waals surface area contributed by atoms with E-state index in [1.807, 2.05) is 19.4 Å². The fraction of sp³-hybridized carbons (Fsp3) is 0.667. The summed E-state index contributed by atoms with van der Waals surface area (Å²) < 4.78 is 27.4. The van der Waals surface area contributed by atoms with Crippen LogP contribution in [0.5, 0.6) is 0 Å². The maximum atomic E-state index is 12.1. The first kappa shape index (κ1) is 14.9. The summed E-state index contributed by atoms with van der Waals surface area (Å²) in [6.45, 7) is 5.26. The summed E-state index contributed by atoms with van der Waals surface area (Å²) in [6.07, 6.45) is 0. The van der Waals surface area contributed by atoms with E-state index in [0.717, 1.165) is 25.2 Å². The van der Waals surface area contributed by atoms with Gasteiger partial charge in [0.2, 0.25) is 10.0 Å². The third kappa shape index (κ3) is 3.76. The zero-order valence-electron chi connectivity index (χ0n) is 11.6. The highest BCUT2D eigenvalue weighted by molar-refractivity contribution is 7.91. The Morgan fingerprint density at radius 2 is 2.16 bits per heavy atom. The zero-order chi connectivity index (χ0) is 14.0. The van der Waals surface area contributed by atoms with Crippen molar-refractivity contribution < 1.29 is 8.42 Å². The van der Waals surface area contributed by atoms with Gasteiger partial charge in [-0.2, -0.15) is 0 Å². The number of sulfonamides is 1. The smallest absolute Gasteiger partial charge is 0.250 e. The van der Waals surface area contributed by atoms with Crippen LogP contribution in [0.15, 0.2) is 15.7 Å².